The molecule has 0 radical (unpaired) electrons. The second kappa shape index (κ2) is 6.47. The number of hydrogen-bond donors (Lipinski definition) is 4. The number of thiazole rings is 1. The Balaban J connectivity index is 1.22. The van der Waals surface area contributed by atoms with E-state index < -0.39 is 0 Å². The van der Waals surface area contributed by atoms with Crippen molar-refractivity contribution in [2.75, 3.05) is 25.4 Å². The number of rotatable bonds is 3. The van der Waals surface area contributed by atoms with Crippen molar-refractivity contribution in [3.8, 4) is 11.5 Å². The summed E-state index contributed by atoms with van der Waals surface area (Å²) in [7, 11) is 0. The normalized spacial score (nSPS) is 18.5. The van der Waals surface area contributed by atoms with E-state index in [0.29, 0.717) is 6.79 Å². The molecule has 0 amide bonds. The van der Waals surface area contributed by atoms with Gasteiger partial charge in [-0.2, -0.15) is 0 Å². The fraction of sp³-hybridized carbons (Fsp3) is 0.222. The van der Waals surface area contributed by atoms with Gasteiger partial charge in [0, 0.05) is 5.56 Å². The molecule has 2 aliphatic rings. The molecule has 26 heavy (non-hydrogen) atoms. The lowest BCUT2D eigenvalue weighted by molar-refractivity contribution is -0.991. The Morgan fingerprint density at radius 3 is 3.00 bits per heavy atom. The molecule has 5 rings (SSSR count). The van der Waals surface area contributed by atoms with Crippen LogP contribution in [0.5, 0.6) is 11.5 Å². The van der Waals surface area contributed by atoms with Gasteiger partial charge < -0.3 is 9.47 Å². The van der Waals surface area contributed by atoms with Crippen molar-refractivity contribution < 1.29 is 19.4 Å². The Hall–Kier alpha value is -2.84. The van der Waals surface area contributed by atoms with E-state index in [4.69, 9.17) is 9.47 Å². The van der Waals surface area contributed by atoms with E-state index >= 15 is 0 Å². The number of benzene rings is 2. The lowest BCUT2D eigenvalue weighted by Gasteiger charge is -2.20. The minimum Gasteiger partial charge on any atom is -0.454 e. The van der Waals surface area contributed by atoms with Crippen molar-refractivity contribution in [3.05, 3.63) is 48.0 Å². The molecule has 7 nitrogen and oxygen atoms in total. The van der Waals surface area contributed by atoms with Crippen LogP contribution < -0.4 is 30.0 Å². The SMILES string of the molecule is c1ccc2sc(NC3=[NH+]C[NH+](Cc4ccc5c(c4)OCO5)CN3)nc2c1. The molecule has 2 aromatic carbocycles. The maximum atomic E-state index is 5.45. The Morgan fingerprint density at radius 2 is 2.12 bits per heavy atom. The highest BCUT2D eigenvalue weighted by Gasteiger charge is 2.22. The quantitative estimate of drug-likeness (QED) is 0.500. The van der Waals surface area contributed by atoms with E-state index in [9.17, 15) is 0 Å². The summed E-state index contributed by atoms with van der Waals surface area (Å²) in [6.45, 7) is 2.88. The van der Waals surface area contributed by atoms with Crippen LogP contribution in [0.4, 0.5) is 5.13 Å². The second-order valence-corrected chi connectivity index (χ2v) is 7.34. The van der Waals surface area contributed by atoms with Crippen LogP contribution in [0.3, 0.4) is 0 Å². The third kappa shape index (κ3) is 3.04. The van der Waals surface area contributed by atoms with Crippen molar-refractivity contribution in [3.63, 3.8) is 0 Å². The van der Waals surface area contributed by atoms with Crippen LogP contribution >= 0.6 is 11.3 Å². The zero-order valence-electron chi connectivity index (χ0n) is 14.0. The van der Waals surface area contributed by atoms with Gasteiger partial charge in [0.1, 0.15) is 6.54 Å². The molecule has 4 N–H and O–H groups in total. The summed E-state index contributed by atoms with van der Waals surface area (Å²) in [4.78, 5) is 9.39. The third-order valence-corrected chi connectivity index (χ3v) is 5.40. The number of anilines is 1. The first-order valence-electron chi connectivity index (χ1n) is 8.53. The first-order chi connectivity index (χ1) is 12.8. The molecule has 3 heterocycles. The topological polar surface area (TPSA) is 73.8 Å². The molecule has 1 aromatic heterocycles. The fourth-order valence-corrected chi connectivity index (χ4v) is 4.01. The van der Waals surface area contributed by atoms with E-state index in [-0.39, 0.29) is 0 Å². The summed E-state index contributed by atoms with van der Waals surface area (Å²) in [6.07, 6.45) is 0. The van der Waals surface area contributed by atoms with E-state index in [1.54, 1.807) is 11.3 Å². The average Bonchev–Trinajstić information content (AvgIpc) is 3.29. The van der Waals surface area contributed by atoms with Gasteiger partial charge in [-0.25, -0.2) is 20.6 Å². The van der Waals surface area contributed by atoms with Gasteiger partial charge in [-0.3, -0.25) is 4.90 Å². The number of ether oxygens (including phenoxy) is 2. The van der Waals surface area contributed by atoms with Gasteiger partial charge in [-0.15, -0.1) is 0 Å². The van der Waals surface area contributed by atoms with Crippen molar-refractivity contribution >= 4 is 32.6 Å². The smallest absolute Gasteiger partial charge is 0.359 e. The lowest BCUT2D eigenvalue weighted by Crippen LogP contribution is -3.23. The average molecular weight is 369 g/mol. The van der Waals surface area contributed by atoms with Gasteiger partial charge in [0.15, 0.2) is 24.8 Å². The summed E-state index contributed by atoms with van der Waals surface area (Å²) in [6, 6.07) is 14.3. The van der Waals surface area contributed by atoms with E-state index in [0.717, 1.165) is 48.0 Å². The molecule has 0 saturated carbocycles. The highest BCUT2D eigenvalue weighted by molar-refractivity contribution is 7.22. The van der Waals surface area contributed by atoms with E-state index in [1.165, 1.54) is 15.2 Å². The van der Waals surface area contributed by atoms with Crippen LogP contribution in [-0.2, 0) is 6.54 Å². The van der Waals surface area contributed by atoms with Gasteiger partial charge in [0.05, 0.1) is 10.2 Å². The molecular weight excluding hydrogens is 350 g/mol. The van der Waals surface area contributed by atoms with Crippen molar-refractivity contribution in [2.24, 2.45) is 0 Å². The minimum atomic E-state index is 0.314. The lowest BCUT2D eigenvalue weighted by atomic mass is 10.2. The van der Waals surface area contributed by atoms with Crippen LogP contribution in [0, 0.1) is 0 Å². The maximum Gasteiger partial charge on any atom is 0.359 e. The standard InChI is InChI=1S/C18H17N5O2S/c1-2-4-16-13(3-1)21-18(26-16)22-17-19-9-23(10-20-17)8-12-5-6-14-15(7-12)25-11-24-14/h1-7H,8-11H2,(H2,19,20,21,22)/p+2. The summed E-state index contributed by atoms with van der Waals surface area (Å²) in [5.74, 6) is 2.57. The molecule has 3 aromatic rings. The predicted molar refractivity (Wildman–Crippen MR) is 99.3 cm³/mol. The number of quaternary nitrogens is 1. The van der Waals surface area contributed by atoms with Gasteiger partial charge in [-0.05, 0) is 30.3 Å². The van der Waals surface area contributed by atoms with Crippen molar-refractivity contribution in [2.45, 2.75) is 6.54 Å². The Labute approximate surface area is 154 Å². The highest BCUT2D eigenvalue weighted by Crippen LogP contribution is 2.32. The van der Waals surface area contributed by atoms with Gasteiger partial charge in [-0.1, -0.05) is 23.5 Å². The Morgan fingerprint density at radius 1 is 1.19 bits per heavy atom. The summed E-state index contributed by atoms with van der Waals surface area (Å²) >= 11 is 1.65. The van der Waals surface area contributed by atoms with Crippen LogP contribution in [-0.4, -0.2) is 31.1 Å². The van der Waals surface area contributed by atoms with E-state index in [2.05, 4.69) is 38.8 Å². The Bertz CT molecular complexity index is 954. The molecule has 1 atom stereocenters. The maximum absolute atomic E-state index is 5.45. The number of hydrogen-bond acceptors (Lipinski definition) is 6. The summed E-state index contributed by atoms with van der Waals surface area (Å²) in [5.41, 5.74) is 2.25. The monoisotopic (exact) mass is 369 g/mol. The van der Waals surface area contributed by atoms with Gasteiger partial charge in [0.2, 0.25) is 6.79 Å². The molecule has 0 fully saturated rings. The minimum absolute atomic E-state index is 0.314. The van der Waals surface area contributed by atoms with Crippen LogP contribution in [0.1, 0.15) is 5.56 Å². The van der Waals surface area contributed by atoms with Crippen molar-refractivity contribution in [1.29, 1.82) is 0 Å². The molecule has 0 bridgehead atoms. The summed E-state index contributed by atoms with van der Waals surface area (Å²) in [5, 5.41) is 7.63. The zero-order valence-corrected chi connectivity index (χ0v) is 14.9. The van der Waals surface area contributed by atoms with E-state index in [1.807, 2.05) is 24.3 Å². The van der Waals surface area contributed by atoms with Crippen LogP contribution in [0.25, 0.3) is 10.2 Å². The molecule has 0 spiro atoms. The number of nitrogens with zero attached hydrogens (tertiary/aromatic N) is 1. The molecular formula is C18H19N5O2S+2. The van der Waals surface area contributed by atoms with Crippen molar-refractivity contribution in [1.82, 2.24) is 10.3 Å². The number of guanidine groups is 1. The highest BCUT2D eigenvalue weighted by atomic mass is 32.1. The molecule has 8 heteroatoms. The first kappa shape index (κ1) is 15.4. The Kier molecular flexibility index (Phi) is 3.84. The third-order valence-electron chi connectivity index (χ3n) is 4.45. The van der Waals surface area contributed by atoms with Gasteiger partial charge >= 0.3 is 5.96 Å². The van der Waals surface area contributed by atoms with Crippen LogP contribution in [0.2, 0.25) is 0 Å². The largest absolute Gasteiger partial charge is 0.454 e. The molecule has 2 aliphatic heterocycles. The summed E-state index contributed by atoms with van der Waals surface area (Å²) < 4.78 is 12.0. The number of aromatic nitrogens is 1. The number of nitrogens with one attached hydrogen (secondary N) is 4. The number of fused-ring (bicyclic) bond motifs is 2. The predicted octanol–water partition coefficient (Wildman–Crippen LogP) is -0.523. The molecule has 0 saturated heterocycles. The second-order valence-electron chi connectivity index (χ2n) is 6.31. The fourth-order valence-electron chi connectivity index (χ4n) is 3.14. The van der Waals surface area contributed by atoms with Gasteiger partial charge in [0.25, 0.3) is 5.13 Å². The first-order valence-corrected chi connectivity index (χ1v) is 9.34. The molecule has 1 unspecified atom stereocenters. The van der Waals surface area contributed by atoms with Crippen LogP contribution in [0.15, 0.2) is 42.5 Å². The zero-order chi connectivity index (χ0) is 17.3. The molecule has 0 aliphatic carbocycles. The molecule has 132 valence electrons. The number of para-hydroxylation sites is 1.